The molecule has 8 aromatic carbocycles. The van der Waals surface area contributed by atoms with Crippen molar-refractivity contribution in [2.75, 3.05) is 0 Å². The molecule has 0 saturated carbocycles. The number of halogens is 4. The Hall–Kier alpha value is -3.38. The van der Waals surface area contributed by atoms with Gasteiger partial charge in [-0.25, -0.2) is 8.78 Å². The van der Waals surface area contributed by atoms with Crippen LogP contribution in [0, 0.1) is 11.6 Å². The number of fused-ring (bicyclic) bond motifs is 11. The van der Waals surface area contributed by atoms with E-state index in [4.69, 9.17) is 42.1 Å². The van der Waals surface area contributed by atoms with Crippen LogP contribution in [-0.2, 0) is 9.68 Å². The molecule has 0 aliphatic carbocycles. The number of carbonyl (C=O) groups excluding carboxylic acids is 1. The molecule has 7 nitrogen and oxygen atoms in total. The molecule has 58 heavy (non-hydrogen) atoms. The minimum absolute atomic E-state index is 0. The van der Waals surface area contributed by atoms with E-state index >= 15 is 0 Å². The number of aromatic hydroxyl groups is 2. The average Bonchev–Trinajstić information content (AvgIpc) is 3.81. The molecule has 0 spiro atoms. The predicted molar refractivity (Wildman–Crippen MR) is 215 cm³/mol. The Morgan fingerprint density at radius 3 is 1.62 bits per heavy atom. The molecule has 10 rings (SSSR count). The number of carbonyl (C=O) groups is 1. The summed E-state index contributed by atoms with van der Waals surface area (Å²) in [5, 5.41) is 37.8. The number of furan rings is 2. The Morgan fingerprint density at radius 1 is 0.552 bits per heavy atom. The second-order valence-electron chi connectivity index (χ2n) is 12.5. The monoisotopic (exact) mass is 864 g/mol. The SMILES string of the molecule is Clc1cccc2c1oc1c3ccccc3c3oc4ccccc4c3c21.O=CO[O-].Oc1c(-c2ccccc2F)c(-c2cccc(Cl)c2F)c(O)c2ccccc12.[H-].[K+].[K+]. The fourth-order valence-electron chi connectivity index (χ4n) is 7.17. The largest absolute Gasteiger partial charge is 1.00 e. The Kier molecular flexibility index (Phi) is 14.4. The first-order valence-corrected chi connectivity index (χ1v) is 17.7. The first-order chi connectivity index (χ1) is 27.2. The molecule has 10 aromatic rings. The van der Waals surface area contributed by atoms with Gasteiger partial charge in [-0.05, 0) is 24.3 Å². The average molecular weight is 866 g/mol. The number of phenols is 2. The molecular weight excluding hydrogens is 840 g/mol. The predicted octanol–water partition coefficient (Wildman–Crippen LogP) is 6.36. The number of benzene rings is 8. The molecule has 0 saturated heterocycles. The fourth-order valence-corrected chi connectivity index (χ4v) is 7.56. The molecule has 0 atom stereocenters. The number of hydrogen-bond acceptors (Lipinski definition) is 7. The van der Waals surface area contributed by atoms with Gasteiger partial charge in [-0.2, -0.15) is 0 Å². The van der Waals surface area contributed by atoms with Gasteiger partial charge in [0, 0.05) is 65.3 Å². The van der Waals surface area contributed by atoms with Crippen molar-refractivity contribution < 1.29 is 147 Å². The number of phenolic OH excluding ortho intramolecular Hbond substituents is 2. The Balaban J connectivity index is 0.000000197. The third kappa shape index (κ3) is 7.85. The molecule has 2 aromatic heterocycles. The standard InChI is InChI=1S/C22H13ClF2O2.C22H11ClO2.CH2O3.2K.H/c23-16-10-5-9-15(20(16)25)19-18(14-8-3-4-11-17(14)24)21(26)12-6-1-2-7-13(12)22(19)27;23-16-10-5-9-15-19-18-14-8-3-4-11-17(14)24-21(18)12-6-1-2-7-13(12)22(19)25-20(15)16;2-1-4-3;;;/h1-11,26-27H;1-11H;1,3H;;;/q;;;2*+1;-1/p-1. The zero-order valence-corrected chi connectivity index (χ0v) is 38.5. The number of para-hydroxylation sites is 2. The Bertz CT molecular complexity index is 3160. The molecule has 0 amide bonds. The van der Waals surface area contributed by atoms with Gasteiger partial charge in [0.05, 0.1) is 10.0 Å². The topological polar surface area (TPSA) is 116 Å². The summed E-state index contributed by atoms with van der Waals surface area (Å²) < 4.78 is 41.8. The third-order valence-corrected chi connectivity index (χ3v) is 10.1. The van der Waals surface area contributed by atoms with Crippen molar-refractivity contribution in [2.24, 2.45) is 0 Å². The molecule has 0 bridgehead atoms. The van der Waals surface area contributed by atoms with Crippen LogP contribution in [0.25, 0.3) is 87.7 Å². The summed E-state index contributed by atoms with van der Waals surface area (Å²) in [6.45, 7) is -0.181. The van der Waals surface area contributed by atoms with Gasteiger partial charge in [-0.1, -0.05) is 132 Å². The van der Waals surface area contributed by atoms with Crippen molar-refractivity contribution in [1.29, 1.82) is 0 Å². The van der Waals surface area contributed by atoms with Gasteiger partial charge < -0.3 is 30.6 Å². The van der Waals surface area contributed by atoms with Gasteiger partial charge in [0.15, 0.2) is 5.58 Å². The summed E-state index contributed by atoms with van der Waals surface area (Å²) in [7, 11) is 0. The van der Waals surface area contributed by atoms with Crippen LogP contribution in [0.15, 0.2) is 142 Å². The van der Waals surface area contributed by atoms with E-state index in [9.17, 15) is 19.0 Å². The van der Waals surface area contributed by atoms with Crippen molar-refractivity contribution in [3.05, 3.63) is 155 Å². The van der Waals surface area contributed by atoms with E-state index in [0.717, 1.165) is 54.6 Å². The minimum Gasteiger partial charge on any atom is -1.00 e. The van der Waals surface area contributed by atoms with Crippen LogP contribution in [0.3, 0.4) is 0 Å². The fraction of sp³-hybridized carbons (Fsp3) is 0. The second kappa shape index (κ2) is 18.9. The Labute approximate surface area is 425 Å². The van der Waals surface area contributed by atoms with Crippen molar-refractivity contribution >= 4 is 95.1 Å². The van der Waals surface area contributed by atoms with E-state index in [0.29, 0.717) is 15.8 Å². The van der Waals surface area contributed by atoms with E-state index in [2.05, 4.69) is 29.2 Å². The maximum Gasteiger partial charge on any atom is 1.00 e. The van der Waals surface area contributed by atoms with Crippen molar-refractivity contribution in [2.45, 2.75) is 0 Å². The van der Waals surface area contributed by atoms with E-state index < -0.39 is 11.6 Å². The quantitative estimate of drug-likeness (QED) is 0.0699. The summed E-state index contributed by atoms with van der Waals surface area (Å²) in [6, 6.07) is 38.9. The molecule has 0 radical (unpaired) electrons. The van der Waals surface area contributed by atoms with Crippen molar-refractivity contribution in [3.8, 4) is 33.8 Å². The van der Waals surface area contributed by atoms with Gasteiger partial charge in [-0.3, -0.25) is 4.79 Å². The maximum atomic E-state index is 14.8. The molecule has 13 heteroatoms. The van der Waals surface area contributed by atoms with Crippen molar-refractivity contribution in [1.82, 2.24) is 0 Å². The molecule has 278 valence electrons. The van der Waals surface area contributed by atoms with Gasteiger partial charge >= 0.3 is 103 Å². The molecular formula is C45H26Cl2F2K2O7. The summed E-state index contributed by atoms with van der Waals surface area (Å²) >= 11 is 12.3. The third-order valence-electron chi connectivity index (χ3n) is 9.49. The Morgan fingerprint density at radius 2 is 1.00 bits per heavy atom. The first kappa shape index (κ1) is 44.2. The zero-order chi connectivity index (χ0) is 39.1. The van der Waals surface area contributed by atoms with Gasteiger partial charge in [-0.15, -0.1) is 0 Å². The van der Waals surface area contributed by atoms with Crippen LogP contribution in [0.1, 0.15) is 1.43 Å². The number of rotatable bonds is 3. The smallest absolute Gasteiger partial charge is 1.00 e. The van der Waals surface area contributed by atoms with Crippen LogP contribution < -0.4 is 108 Å². The summed E-state index contributed by atoms with van der Waals surface area (Å²) in [6.07, 6.45) is 0. The van der Waals surface area contributed by atoms with E-state index in [1.165, 1.54) is 36.4 Å². The van der Waals surface area contributed by atoms with Gasteiger partial charge in [0.25, 0.3) is 6.47 Å². The normalized spacial score (nSPS) is 10.8. The van der Waals surface area contributed by atoms with Crippen molar-refractivity contribution in [3.63, 3.8) is 0 Å². The van der Waals surface area contributed by atoms with Crippen LogP contribution in [-0.4, -0.2) is 16.7 Å². The summed E-state index contributed by atoms with van der Waals surface area (Å²) in [5.41, 5.74) is 3.37. The molecule has 0 aliphatic rings. The minimum atomic E-state index is -0.762. The van der Waals surface area contributed by atoms with E-state index in [-0.39, 0.29) is 149 Å². The molecule has 0 unspecified atom stereocenters. The van der Waals surface area contributed by atoms with Gasteiger partial charge in [0.2, 0.25) is 0 Å². The second-order valence-corrected chi connectivity index (χ2v) is 13.4. The van der Waals surface area contributed by atoms with Crippen LogP contribution in [0.5, 0.6) is 11.5 Å². The molecule has 2 heterocycles. The van der Waals surface area contributed by atoms with Crippen LogP contribution in [0.2, 0.25) is 10.0 Å². The molecule has 2 N–H and O–H groups in total. The maximum absolute atomic E-state index is 14.8. The van der Waals surface area contributed by atoms with E-state index in [1.807, 2.05) is 42.5 Å². The van der Waals surface area contributed by atoms with E-state index in [1.54, 1.807) is 30.3 Å². The van der Waals surface area contributed by atoms with Gasteiger partial charge in [0.1, 0.15) is 39.9 Å². The zero-order valence-electron chi connectivity index (χ0n) is 31.7. The van der Waals surface area contributed by atoms with Crippen LogP contribution >= 0.6 is 23.2 Å². The molecule has 0 aliphatic heterocycles. The van der Waals surface area contributed by atoms with Crippen LogP contribution in [0.4, 0.5) is 8.78 Å². The number of hydrogen-bond donors (Lipinski definition) is 2. The first-order valence-electron chi connectivity index (χ1n) is 17.0. The molecule has 0 fully saturated rings. The summed E-state index contributed by atoms with van der Waals surface area (Å²) in [4.78, 5) is 11.2. The summed E-state index contributed by atoms with van der Waals surface area (Å²) in [5.74, 6) is -1.88.